The van der Waals surface area contributed by atoms with Gasteiger partial charge >= 0.3 is 5.97 Å². The zero-order chi connectivity index (χ0) is 13.7. The molecule has 19 heavy (non-hydrogen) atoms. The van der Waals surface area contributed by atoms with Gasteiger partial charge in [-0.05, 0) is 24.3 Å². The van der Waals surface area contributed by atoms with Crippen molar-refractivity contribution in [2.24, 2.45) is 0 Å². The van der Waals surface area contributed by atoms with E-state index in [4.69, 9.17) is 9.52 Å². The molecule has 0 saturated carbocycles. The van der Waals surface area contributed by atoms with Gasteiger partial charge in [0.2, 0.25) is 5.89 Å². The fourth-order valence-electron chi connectivity index (χ4n) is 1.53. The van der Waals surface area contributed by atoms with Crippen molar-refractivity contribution in [2.75, 3.05) is 6.54 Å². The molecule has 0 amide bonds. The van der Waals surface area contributed by atoms with Crippen LogP contribution in [0.25, 0.3) is 11.5 Å². The van der Waals surface area contributed by atoms with Gasteiger partial charge < -0.3 is 14.8 Å². The molecule has 0 aliphatic rings. The summed E-state index contributed by atoms with van der Waals surface area (Å²) in [6, 6.07) is 5.85. The molecule has 1 aromatic heterocycles. The van der Waals surface area contributed by atoms with E-state index in [1.54, 1.807) is 12.1 Å². The third kappa shape index (κ3) is 3.89. The molecule has 0 spiro atoms. The van der Waals surface area contributed by atoms with Crippen LogP contribution >= 0.6 is 0 Å². The topological polar surface area (TPSA) is 75.4 Å². The zero-order valence-electron chi connectivity index (χ0n) is 10.1. The van der Waals surface area contributed by atoms with Crippen LogP contribution < -0.4 is 5.32 Å². The number of rotatable bonds is 6. The number of carboxylic acid groups (broad SMARTS) is 1. The first kappa shape index (κ1) is 13.2. The number of benzene rings is 1. The lowest BCUT2D eigenvalue weighted by atomic mass is 10.2. The van der Waals surface area contributed by atoms with E-state index in [0.717, 1.165) is 0 Å². The molecule has 0 aliphatic carbocycles. The quantitative estimate of drug-likeness (QED) is 0.781. The van der Waals surface area contributed by atoms with Crippen LogP contribution in [0.3, 0.4) is 0 Å². The molecule has 2 rings (SSSR count). The summed E-state index contributed by atoms with van der Waals surface area (Å²) in [6.07, 6.45) is 1.55. The van der Waals surface area contributed by atoms with E-state index in [1.807, 2.05) is 0 Å². The van der Waals surface area contributed by atoms with Gasteiger partial charge in [-0.25, -0.2) is 9.37 Å². The van der Waals surface area contributed by atoms with Crippen LogP contribution in [0.5, 0.6) is 0 Å². The minimum absolute atomic E-state index is 0.0582. The second-order valence-electron chi connectivity index (χ2n) is 3.97. The summed E-state index contributed by atoms with van der Waals surface area (Å²) < 4.78 is 18.0. The van der Waals surface area contributed by atoms with Crippen molar-refractivity contribution in [2.45, 2.75) is 13.0 Å². The minimum Gasteiger partial charge on any atom is -0.481 e. The van der Waals surface area contributed by atoms with Gasteiger partial charge in [0.1, 0.15) is 12.1 Å². The lowest BCUT2D eigenvalue weighted by Gasteiger charge is -1.98. The van der Waals surface area contributed by atoms with Crippen LogP contribution in [-0.2, 0) is 11.3 Å². The standard InChI is InChI=1S/C13H13FN2O3/c14-10-3-1-9(2-4-10)13-16-11(8-19-13)7-15-6-5-12(17)18/h1-4,8,15H,5-7H2,(H,17,18). The number of hydrogen-bond donors (Lipinski definition) is 2. The van der Waals surface area contributed by atoms with Gasteiger partial charge in [0.05, 0.1) is 12.1 Å². The third-order valence-electron chi connectivity index (χ3n) is 2.46. The Morgan fingerprint density at radius 2 is 2.11 bits per heavy atom. The van der Waals surface area contributed by atoms with Gasteiger partial charge in [0.15, 0.2) is 0 Å². The normalized spacial score (nSPS) is 10.6. The lowest BCUT2D eigenvalue weighted by molar-refractivity contribution is -0.136. The molecule has 1 heterocycles. The maximum atomic E-state index is 12.8. The summed E-state index contributed by atoms with van der Waals surface area (Å²) in [5, 5.41) is 11.4. The molecule has 2 N–H and O–H groups in total. The molecular formula is C13H13FN2O3. The first-order chi connectivity index (χ1) is 9.15. The predicted octanol–water partition coefficient (Wildman–Crippen LogP) is 2.04. The summed E-state index contributed by atoms with van der Waals surface area (Å²) in [5.74, 6) is -0.749. The fraction of sp³-hybridized carbons (Fsp3) is 0.231. The number of halogens is 1. The van der Waals surface area contributed by atoms with Gasteiger partial charge in [-0.15, -0.1) is 0 Å². The Morgan fingerprint density at radius 3 is 2.79 bits per heavy atom. The van der Waals surface area contributed by atoms with E-state index in [0.29, 0.717) is 30.2 Å². The van der Waals surface area contributed by atoms with E-state index in [1.165, 1.54) is 18.4 Å². The molecule has 0 aliphatic heterocycles. The van der Waals surface area contributed by atoms with Crippen LogP contribution in [0.1, 0.15) is 12.1 Å². The number of carboxylic acids is 1. The van der Waals surface area contributed by atoms with Gasteiger partial charge in [0.25, 0.3) is 0 Å². The largest absolute Gasteiger partial charge is 0.481 e. The molecule has 1 aromatic carbocycles. The summed E-state index contributed by atoms with van der Waals surface area (Å²) in [7, 11) is 0. The Balaban J connectivity index is 1.91. The molecule has 5 nitrogen and oxygen atoms in total. The highest BCUT2D eigenvalue weighted by atomic mass is 19.1. The third-order valence-corrected chi connectivity index (χ3v) is 2.46. The lowest BCUT2D eigenvalue weighted by Crippen LogP contribution is -2.17. The monoisotopic (exact) mass is 264 g/mol. The van der Waals surface area contributed by atoms with E-state index in [-0.39, 0.29) is 12.2 Å². The second-order valence-corrected chi connectivity index (χ2v) is 3.97. The second kappa shape index (κ2) is 6.10. The molecule has 6 heteroatoms. The Hall–Kier alpha value is -2.21. The Labute approximate surface area is 109 Å². The summed E-state index contributed by atoms with van der Waals surface area (Å²) in [4.78, 5) is 14.6. The highest BCUT2D eigenvalue weighted by molar-refractivity contribution is 5.66. The van der Waals surface area contributed by atoms with Gasteiger partial charge in [0, 0.05) is 18.7 Å². The van der Waals surface area contributed by atoms with Crippen molar-refractivity contribution < 1.29 is 18.7 Å². The van der Waals surface area contributed by atoms with Crippen LogP contribution in [0.4, 0.5) is 4.39 Å². The summed E-state index contributed by atoms with van der Waals surface area (Å²) in [5.41, 5.74) is 1.36. The van der Waals surface area contributed by atoms with Crippen molar-refractivity contribution in [1.82, 2.24) is 10.3 Å². The van der Waals surface area contributed by atoms with Crippen molar-refractivity contribution in [3.8, 4) is 11.5 Å². The molecule has 0 radical (unpaired) electrons. The number of oxazole rings is 1. The van der Waals surface area contributed by atoms with Crippen LogP contribution in [0.15, 0.2) is 34.9 Å². The molecule has 0 bridgehead atoms. The number of nitrogens with one attached hydrogen (secondary N) is 1. The highest BCUT2D eigenvalue weighted by Crippen LogP contribution is 2.18. The molecule has 0 fully saturated rings. The fourth-order valence-corrected chi connectivity index (χ4v) is 1.53. The number of hydrogen-bond acceptors (Lipinski definition) is 4. The number of aliphatic carboxylic acids is 1. The molecule has 100 valence electrons. The average molecular weight is 264 g/mol. The first-order valence-electron chi connectivity index (χ1n) is 5.78. The Bertz CT molecular complexity index is 551. The predicted molar refractivity (Wildman–Crippen MR) is 65.9 cm³/mol. The van der Waals surface area contributed by atoms with Crippen LogP contribution in [0, 0.1) is 5.82 Å². The maximum absolute atomic E-state index is 12.8. The van der Waals surface area contributed by atoms with Crippen LogP contribution in [0.2, 0.25) is 0 Å². The van der Waals surface area contributed by atoms with Crippen LogP contribution in [-0.4, -0.2) is 22.6 Å². The molecular weight excluding hydrogens is 251 g/mol. The number of aromatic nitrogens is 1. The van der Waals surface area contributed by atoms with Crippen molar-refractivity contribution >= 4 is 5.97 Å². The molecule has 0 atom stereocenters. The van der Waals surface area contributed by atoms with E-state index < -0.39 is 5.97 Å². The van der Waals surface area contributed by atoms with Gasteiger partial charge in [-0.2, -0.15) is 0 Å². The number of nitrogens with zero attached hydrogens (tertiary/aromatic N) is 1. The smallest absolute Gasteiger partial charge is 0.304 e. The molecule has 0 saturated heterocycles. The average Bonchev–Trinajstić information content (AvgIpc) is 2.84. The molecule has 2 aromatic rings. The molecule has 0 unspecified atom stereocenters. The number of carbonyl (C=O) groups is 1. The Morgan fingerprint density at radius 1 is 1.37 bits per heavy atom. The maximum Gasteiger partial charge on any atom is 0.304 e. The van der Waals surface area contributed by atoms with Crippen molar-refractivity contribution in [1.29, 1.82) is 0 Å². The van der Waals surface area contributed by atoms with Gasteiger partial charge in [-0.1, -0.05) is 0 Å². The van der Waals surface area contributed by atoms with E-state index in [2.05, 4.69) is 10.3 Å². The SMILES string of the molecule is O=C(O)CCNCc1coc(-c2ccc(F)cc2)n1. The highest BCUT2D eigenvalue weighted by Gasteiger charge is 2.06. The minimum atomic E-state index is -0.848. The summed E-state index contributed by atoms with van der Waals surface area (Å²) >= 11 is 0. The Kier molecular flexibility index (Phi) is 4.25. The summed E-state index contributed by atoms with van der Waals surface area (Å²) in [6.45, 7) is 0.798. The van der Waals surface area contributed by atoms with E-state index >= 15 is 0 Å². The first-order valence-corrected chi connectivity index (χ1v) is 5.78. The van der Waals surface area contributed by atoms with Crippen molar-refractivity contribution in [3.05, 3.63) is 42.0 Å². The van der Waals surface area contributed by atoms with Gasteiger partial charge in [-0.3, -0.25) is 4.79 Å². The zero-order valence-corrected chi connectivity index (χ0v) is 10.1. The van der Waals surface area contributed by atoms with Crippen molar-refractivity contribution in [3.63, 3.8) is 0 Å². The van der Waals surface area contributed by atoms with E-state index in [9.17, 15) is 9.18 Å².